The molecule has 3 atom stereocenters. The Morgan fingerprint density at radius 3 is 2.07 bits per heavy atom. The van der Waals surface area contributed by atoms with Gasteiger partial charge in [0.05, 0.1) is 38.9 Å². The molecular weight excluding hydrogens is 388 g/mol. The van der Waals surface area contributed by atoms with E-state index in [1.807, 2.05) is 48.5 Å². The van der Waals surface area contributed by atoms with E-state index in [4.69, 9.17) is 8.83 Å². The summed E-state index contributed by atoms with van der Waals surface area (Å²) < 4.78 is 39.3. The van der Waals surface area contributed by atoms with Crippen molar-refractivity contribution in [3.8, 4) is 0 Å². The van der Waals surface area contributed by atoms with E-state index in [0.29, 0.717) is 11.8 Å². The fourth-order valence-electron chi connectivity index (χ4n) is 1.39. The van der Waals surface area contributed by atoms with Gasteiger partial charge in [-0.3, -0.25) is 0 Å². The molecule has 2 aromatic heterocycles. The highest BCUT2D eigenvalue weighted by molar-refractivity contribution is 7.85. The van der Waals surface area contributed by atoms with E-state index >= 15 is 0 Å². The summed E-state index contributed by atoms with van der Waals surface area (Å²) in [6, 6.07) is -0.134. The molecule has 0 aliphatic carbocycles. The van der Waals surface area contributed by atoms with Crippen LogP contribution in [-0.4, -0.2) is 34.1 Å². The van der Waals surface area contributed by atoms with E-state index in [-0.39, 0.29) is 15.5 Å². The highest BCUT2D eigenvalue weighted by Crippen LogP contribution is 2.15. The van der Waals surface area contributed by atoms with Gasteiger partial charge in [-0.15, -0.1) is 0 Å². The summed E-state index contributed by atoms with van der Waals surface area (Å²) in [6.07, 6.45) is 7.42. The number of hydrogen-bond acceptors (Lipinski definition) is 6. The highest BCUT2D eigenvalue weighted by Gasteiger charge is 2.23. The Balaban J connectivity index is 0.000000271. The van der Waals surface area contributed by atoms with Crippen molar-refractivity contribution >= 4 is 28.2 Å². The Labute approximate surface area is 165 Å². The highest BCUT2D eigenvalue weighted by atomic mass is 32.2. The lowest BCUT2D eigenvalue weighted by molar-refractivity contribution is 0.448. The van der Waals surface area contributed by atoms with E-state index in [0.717, 1.165) is 0 Å². The van der Waals surface area contributed by atoms with Gasteiger partial charge in [0, 0.05) is 0 Å². The van der Waals surface area contributed by atoms with Gasteiger partial charge in [0.15, 0.2) is 0 Å². The number of oxazole rings is 2. The maximum absolute atomic E-state index is 11.7. The smallest absolute Gasteiger partial charge is 0.238 e. The average Bonchev–Trinajstić information content (AvgIpc) is 3.24. The van der Waals surface area contributed by atoms with Crippen LogP contribution in [0.1, 0.15) is 66.3 Å². The van der Waals surface area contributed by atoms with Crippen LogP contribution in [0.2, 0.25) is 0 Å². The van der Waals surface area contributed by atoms with Crippen molar-refractivity contribution in [3.63, 3.8) is 0 Å². The summed E-state index contributed by atoms with van der Waals surface area (Å²) in [4.78, 5) is 7.81. The first kappa shape index (κ1) is 23.4. The minimum absolute atomic E-state index is 0.134. The van der Waals surface area contributed by atoms with Crippen LogP contribution in [0.3, 0.4) is 0 Å². The maximum Gasteiger partial charge on any atom is 0.238 e. The fourth-order valence-corrected chi connectivity index (χ4v) is 2.66. The van der Waals surface area contributed by atoms with Crippen LogP contribution in [0.15, 0.2) is 38.2 Å². The van der Waals surface area contributed by atoms with Gasteiger partial charge in [0.25, 0.3) is 0 Å². The maximum atomic E-state index is 11.7. The van der Waals surface area contributed by atoms with Crippen molar-refractivity contribution in [2.45, 2.75) is 64.0 Å². The zero-order valence-electron chi connectivity index (χ0n) is 16.8. The molecule has 0 aliphatic rings. The molecule has 2 aromatic rings. The molecule has 0 spiro atoms. The first-order chi connectivity index (χ1) is 12.4. The molecule has 152 valence electrons. The Bertz CT molecular complexity index is 745. The number of aromatic nitrogens is 2. The molecule has 2 heterocycles. The first-order valence-corrected chi connectivity index (χ1v) is 10.6. The SMILES string of the molecule is CC(C)(C)S(=O)N=Cc1ncco1.CC(NS(=O)C(C)(C)C)c1ncco1. The molecule has 0 fully saturated rings. The Morgan fingerprint density at radius 1 is 1.04 bits per heavy atom. The standard InChI is InChI=1S/C9H16N2O2S.C8H12N2O2S/c1-7(8-10-5-6-13-8)11-14(12)9(2,3)4;1-8(2,3)13(11)10-6-7-9-4-5-12-7/h5-7,11H,1-4H3;4-6H,1-3H3. The lowest BCUT2D eigenvalue weighted by Crippen LogP contribution is -2.34. The van der Waals surface area contributed by atoms with Crippen LogP contribution in [0, 0.1) is 0 Å². The monoisotopic (exact) mass is 416 g/mol. The summed E-state index contributed by atoms with van der Waals surface area (Å²) in [5.41, 5.74) is 0. The summed E-state index contributed by atoms with van der Waals surface area (Å²) in [7, 11) is -2.35. The van der Waals surface area contributed by atoms with Crippen molar-refractivity contribution in [1.82, 2.24) is 14.7 Å². The minimum Gasteiger partial charge on any atom is -0.447 e. The molecule has 0 aromatic carbocycles. The zero-order valence-corrected chi connectivity index (χ0v) is 18.4. The van der Waals surface area contributed by atoms with Gasteiger partial charge >= 0.3 is 0 Å². The van der Waals surface area contributed by atoms with Gasteiger partial charge < -0.3 is 8.83 Å². The molecule has 27 heavy (non-hydrogen) atoms. The van der Waals surface area contributed by atoms with Gasteiger partial charge in [-0.2, -0.15) is 4.40 Å². The third-order valence-electron chi connectivity index (χ3n) is 2.90. The molecule has 10 heteroatoms. The lowest BCUT2D eigenvalue weighted by Gasteiger charge is -2.20. The average molecular weight is 417 g/mol. The summed E-state index contributed by atoms with van der Waals surface area (Å²) in [6.45, 7) is 13.2. The molecule has 0 aliphatic heterocycles. The van der Waals surface area contributed by atoms with E-state index in [1.54, 1.807) is 6.20 Å². The molecule has 0 bridgehead atoms. The lowest BCUT2D eigenvalue weighted by atomic mass is 10.3. The Hall–Kier alpha value is -1.65. The Kier molecular flexibility index (Phi) is 8.70. The second-order valence-electron chi connectivity index (χ2n) is 7.56. The van der Waals surface area contributed by atoms with Gasteiger partial charge in [0.1, 0.15) is 29.7 Å². The van der Waals surface area contributed by atoms with Crippen LogP contribution in [0.5, 0.6) is 0 Å². The predicted octanol–water partition coefficient (Wildman–Crippen LogP) is 3.34. The molecule has 0 radical (unpaired) electrons. The van der Waals surface area contributed by atoms with Crippen LogP contribution in [0.4, 0.5) is 0 Å². The largest absolute Gasteiger partial charge is 0.447 e. The molecule has 0 saturated carbocycles. The summed E-state index contributed by atoms with van der Waals surface area (Å²) in [5.74, 6) is 0.931. The molecule has 3 unspecified atom stereocenters. The predicted molar refractivity (Wildman–Crippen MR) is 108 cm³/mol. The number of hydrogen-bond donors (Lipinski definition) is 1. The van der Waals surface area contributed by atoms with E-state index < -0.39 is 22.0 Å². The van der Waals surface area contributed by atoms with Gasteiger partial charge in [-0.05, 0) is 48.5 Å². The van der Waals surface area contributed by atoms with Crippen molar-refractivity contribution in [1.29, 1.82) is 0 Å². The second kappa shape index (κ2) is 10.0. The van der Waals surface area contributed by atoms with Crippen LogP contribution < -0.4 is 4.72 Å². The fraction of sp³-hybridized carbons (Fsp3) is 0.588. The molecular formula is C17H28N4O4S2. The number of nitrogens with one attached hydrogen (secondary N) is 1. The van der Waals surface area contributed by atoms with E-state index in [1.165, 1.54) is 24.9 Å². The normalized spacial score (nSPS) is 15.8. The van der Waals surface area contributed by atoms with Crippen LogP contribution in [-0.2, 0) is 22.0 Å². The van der Waals surface area contributed by atoms with Gasteiger partial charge in [0.2, 0.25) is 11.8 Å². The van der Waals surface area contributed by atoms with Crippen molar-refractivity contribution in [2.75, 3.05) is 0 Å². The molecule has 0 amide bonds. The van der Waals surface area contributed by atoms with Crippen LogP contribution >= 0.6 is 0 Å². The van der Waals surface area contributed by atoms with Crippen molar-refractivity contribution < 1.29 is 17.3 Å². The molecule has 0 saturated heterocycles. The minimum atomic E-state index is -1.25. The first-order valence-electron chi connectivity index (χ1n) is 8.34. The number of nitrogens with zero attached hydrogens (tertiary/aromatic N) is 3. The van der Waals surface area contributed by atoms with Gasteiger partial charge in [-0.25, -0.2) is 23.1 Å². The summed E-state index contributed by atoms with van der Waals surface area (Å²) in [5, 5.41) is 0. The third kappa shape index (κ3) is 8.72. The van der Waals surface area contributed by atoms with Gasteiger partial charge in [-0.1, -0.05) is 0 Å². The molecule has 2 rings (SSSR count). The van der Waals surface area contributed by atoms with Crippen molar-refractivity contribution in [2.24, 2.45) is 4.40 Å². The second-order valence-corrected chi connectivity index (χ2v) is 11.5. The molecule has 1 N–H and O–H groups in total. The summed E-state index contributed by atoms with van der Waals surface area (Å²) >= 11 is 0. The van der Waals surface area contributed by atoms with E-state index in [9.17, 15) is 8.42 Å². The van der Waals surface area contributed by atoms with E-state index in [2.05, 4.69) is 19.1 Å². The zero-order chi connectivity index (χ0) is 20.7. The molecule has 8 nitrogen and oxygen atoms in total. The third-order valence-corrected chi connectivity index (χ3v) is 5.92. The topological polar surface area (TPSA) is 111 Å². The van der Waals surface area contributed by atoms with Crippen molar-refractivity contribution in [3.05, 3.63) is 36.7 Å². The quantitative estimate of drug-likeness (QED) is 0.748. The Morgan fingerprint density at radius 2 is 1.63 bits per heavy atom. The number of rotatable bonds is 5. The van der Waals surface area contributed by atoms with Crippen LogP contribution in [0.25, 0.3) is 0 Å².